The molecule has 0 saturated heterocycles. The second-order valence-electron chi connectivity index (χ2n) is 10.2. The van der Waals surface area contributed by atoms with Crippen molar-refractivity contribution < 1.29 is 0 Å². The maximum Gasteiger partial charge on any atom is 0.348 e. The molecule has 146 valence electrons. The van der Waals surface area contributed by atoms with E-state index in [1.54, 1.807) is 13.9 Å². The third-order valence-corrected chi connectivity index (χ3v) is 12.5. The number of alkyl halides is 2. The maximum atomic E-state index is 13.5. The minimum absolute atomic E-state index is 0.0140. The van der Waals surface area contributed by atoms with Crippen molar-refractivity contribution in [2.24, 2.45) is 28.6 Å². The Labute approximate surface area is 175 Å². The van der Waals surface area contributed by atoms with Crippen molar-refractivity contribution >= 4 is 31.9 Å². The molecular formula is C20H25Br2N3O2. The normalized spacial score (nSPS) is 50.6. The molecule has 0 radical (unpaired) electrons. The Hall–Kier alpha value is -0.560. The summed E-state index contributed by atoms with van der Waals surface area (Å²) in [5.41, 5.74) is 0.00440. The highest BCUT2D eigenvalue weighted by atomic mass is 79.9. The molecule has 0 N–H and O–H groups in total. The fourth-order valence-electron chi connectivity index (χ4n) is 7.36. The molecular weight excluding hydrogens is 474 g/mol. The smallest absolute Gasteiger partial charge is 0.246 e. The van der Waals surface area contributed by atoms with Crippen LogP contribution in [-0.4, -0.2) is 23.6 Å². The van der Waals surface area contributed by atoms with E-state index in [0.29, 0.717) is 27.4 Å². The number of halogens is 2. The standard InChI is InChI=1S/C20H25Br2N3O2/c1-19(2)9-6-7-20(19,3)12(8-9)23-17(26)24-10-4-5-11(25(24)18(23)27)14-13(10)15(21)16(14)22/h4-5,9-16H,6-8H2,1-3H3/t9-,10-,11-,12+,13-,14-,15-,16+,20-/m0/s1. The van der Waals surface area contributed by atoms with Crippen molar-refractivity contribution in [1.29, 1.82) is 0 Å². The minimum atomic E-state index is -0.0925. The quantitative estimate of drug-likeness (QED) is 0.438. The average Bonchev–Trinajstić information content (AvgIpc) is 3.13. The summed E-state index contributed by atoms with van der Waals surface area (Å²) in [5, 5.41) is 0. The monoisotopic (exact) mass is 497 g/mol. The number of nitrogens with zero attached hydrogens (tertiary/aromatic N) is 3. The van der Waals surface area contributed by atoms with E-state index in [1.165, 1.54) is 6.42 Å². The Morgan fingerprint density at radius 2 is 1.48 bits per heavy atom. The summed E-state index contributed by atoms with van der Waals surface area (Å²) in [5.74, 6) is 1.36. The van der Waals surface area contributed by atoms with Gasteiger partial charge < -0.3 is 0 Å². The van der Waals surface area contributed by atoms with Crippen LogP contribution in [0.3, 0.4) is 0 Å². The predicted molar refractivity (Wildman–Crippen MR) is 111 cm³/mol. The second-order valence-corrected chi connectivity index (χ2v) is 12.3. The molecule has 27 heavy (non-hydrogen) atoms. The molecule has 9 atom stereocenters. The summed E-state index contributed by atoms with van der Waals surface area (Å²) in [6, 6.07) is -0.00787. The Morgan fingerprint density at radius 3 is 1.89 bits per heavy atom. The maximum absolute atomic E-state index is 13.5. The summed E-state index contributed by atoms with van der Waals surface area (Å²) >= 11 is 7.59. The van der Waals surface area contributed by atoms with Gasteiger partial charge >= 0.3 is 11.4 Å². The van der Waals surface area contributed by atoms with Crippen LogP contribution in [0.5, 0.6) is 0 Å². The summed E-state index contributed by atoms with van der Waals surface area (Å²) in [7, 11) is 0. The molecule has 3 saturated carbocycles. The largest absolute Gasteiger partial charge is 0.348 e. The van der Waals surface area contributed by atoms with Crippen LogP contribution in [0, 0.1) is 28.6 Å². The highest BCUT2D eigenvalue weighted by molar-refractivity contribution is 9.12. The predicted octanol–water partition coefficient (Wildman–Crippen LogP) is 3.64. The van der Waals surface area contributed by atoms with E-state index in [4.69, 9.17) is 0 Å². The van der Waals surface area contributed by atoms with E-state index < -0.39 is 0 Å². The number of allylic oxidation sites excluding steroid dienone is 2. The van der Waals surface area contributed by atoms with Crippen molar-refractivity contribution in [3.8, 4) is 0 Å². The molecule has 3 heterocycles. The van der Waals surface area contributed by atoms with Crippen LogP contribution in [0.1, 0.15) is 58.2 Å². The van der Waals surface area contributed by atoms with Gasteiger partial charge in [0.1, 0.15) is 0 Å². The van der Waals surface area contributed by atoms with Gasteiger partial charge in [0.2, 0.25) is 0 Å². The first-order valence-electron chi connectivity index (χ1n) is 10.1. The fraction of sp³-hybridized carbons (Fsp3) is 0.800. The molecule has 5 nitrogen and oxygen atoms in total. The summed E-state index contributed by atoms with van der Waals surface area (Å²) < 4.78 is 5.21. The molecule has 6 aliphatic rings. The molecule has 0 aromatic carbocycles. The van der Waals surface area contributed by atoms with E-state index >= 15 is 0 Å². The zero-order chi connectivity index (χ0) is 19.0. The number of aromatic nitrogens is 3. The molecule has 1 aromatic rings. The van der Waals surface area contributed by atoms with E-state index in [0.717, 1.165) is 12.8 Å². The van der Waals surface area contributed by atoms with Crippen LogP contribution in [0.25, 0.3) is 0 Å². The van der Waals surface area contributed by atoms with Crippen molar-refractivity contribution in [2.45, 2.75) is 67.8 Å². The van der Waals surface area contributed by atoms with Gasteiger partial charge in [-0.15, -0.1) is 0 Å². The van der Waals surface area contributed by atoms with Crippen molar-refractivity contribution in [2.75, 3.05) is 0 Å². The third-order valence-electron chi connectivity index (χ3n) is 9.44. The van der Waals surface area contributed by atoms with E-state index in [2.05, 4.69) is 64.8 Å². The zero-order valence-electron chi connectivity index (χ0n) is 15.8. The highest BCUT2D eigenvalue weighted by Crippen LogP contribution is 2.69. The first kappa shape index (κ1) is 17.3. The number of hydrogen-bond acceptors (Lipinski definition) is 2. The van der Waals surface area contributed by atoms with Crippen LogP contribution in [0.4, 0.5) is 0 Å². The van der Waals surface area contributed by atoms with Gasteiger partial charge in [0.15, 0.2) is 0 Å². The molecule has 7 heteroatoms. The van der Waals surface area contributed by atoms with Crippen LogP contribution in [0.2, 0.25) is 0 Å². The summed E-state index contributed by atoms with van der Waals surface area (Å²) in [6.07, 6.45) is 7.58. The SMILES string of the molecule is CC1(C)[C@H]2CC[C@@]1(C)[C@H](n1c(=O)n3n(c1=O)[C@H]1C=C[C@H]3[C@@H]3[C@H](Br)[C@H](Br)[C@H]31)C2. The molecule has 4 bridgehead atoms. The van der Waals surface area contributed by atoms with Crippen molar-refractivity contribution in [1.82, 2.24) is 13.9 Å². The van der Waals surface area contributed by atoms with Gasteiger partial charge in [0.25, 0.3) is 0 Å². The van der Waals surface area contributed by atoms with E-state index in [1.807, 2.05) is 0 Å². The van der Waals surface area contributed by atoms with Gasteiger partial charge in [-0.2, -0.15) is 0 Å². The molecule has 0 unspecified atom stereocenters. The highest BCUT2D eigenvalue weighted by Gasteiger charge is 2.64. The van der Waals surface area contributed by atoms with Crippen molar-refractivity contribution in [3.63, 3.8) is 0 Å². The Balaban J connectivity index is 1.54. The van der Waals surface area contributed by atoms with Gasteiger partial charge in [-0.25, -0.2) is 23.5 Å². The number of rotatable bonds is 1. The van der Waals surface area contributed by atoms with Crippen LogP contribution in [-0.2, 0) is 0 Å². The van der Waals surface area contributed by atoms with Crippen LogP contribution < -0.4 is 11.4 Å². The lowest BCUT2D eigenvalue weighted by Gasteiger charge is -2.58. The molecule has 2 aliphatic heterocycles. The van der Waals surface area contributed by atoms with E-state index in [-0.39, 0.29) is 40.3 Å². The van der Waals surface area contributed by atoms with Crippen LogP contribution in [0.15, 0.2) is 21.7 Å². The van der Waals surface area contributed by atoms with Gasteiger partial charge in [-0.1, -0.05) is 64.8 Å². The molecule has 3 fully saturated rings. The Kier molecular flexibility index (Phi) is 3.17. The molecule has 0 amide bonds. The van der Waals surface area contributed by atoms with Gasteiger partial charge in [-0.05, 0) is 36.0 Å². The fourth-order valence-corrected chi connectivity index (χ4v) is 9.39. The van der Waals surface area contributed by atoms with Gasteiger partial charge in [0.05, 0.1) is 12.1 Å². The first-order valence-corrected chi connectivity index (χ1v) is 12.0. The molecule has 7 rings (SSSR count). The minimum Gasteiger partial charge on any atom is -0.246 e. The second kappa shape index (κ2) is 4.94. The molecule has 4 aliphatic carbocycles. The Morgan fingerprint density at radius 1 is 0.963 bits per heavy atom. The molecule has 1 aromatic heterocycles. The van der Waals surface area contributed by atoms with Gasteiger partial charge in [0, 0.05) is 27.5 Å². The zero-order valence-corrected chi connectivity index (χ0v) is 19.0. The first-order chi connectivity index (χ1) is 12.7. The van der Waals surface area contributed by atoms with Gasteiger partial charge in [-0.3, -0.25) is 0 Å². The van der Waals surface area contributed by atoms with Crippen molar-refractivity contribution in [3.05, 3.63) is 33.1 Å². The number of fused-ring (bicyclic) bond motifs is 2. The van der Waals surface area contributed by atoms with E-state index in [9.17, 15) is 9.59 Å². The van der Waals surface area contributed by atoms with Crippen LogP contribution >= 0.6 is 31.9 Å². The lowest BCUT2D eigenvalue weighted by Crippen LogP contribution is -2.63. The lowest BCUT2D eigenvalue weighted by molar-refractivity contribution is 0.0346. The average molecular weight is 499 g/mol. The number of hydrogen-bond donors (Lipinski definition) is 0. The lowest BCUT2D eigenvalue weighted by atomic mass is 9.62. The topological polar surface area (TPSA) is 48.9 Å². The summed E-state index contributed by atoms with van der Waals surface area (Å²) in [6.45, 7) is 6.97. The summed E-state index contributed by atoms with van der Waals surface area (Å²) in [4.78, 5) is 27.8. The third kappa shape index (κ3) is 1.67. The molecule has 0 spiro atoms. The Bertz CT molecular complexity index is 948.